The molecule has 0 saturated heterocycles. The van der Waals surface area contributed by atoms with Crippen molar-refractivity contribution in [2.24, 2.45) is 11.3 Å². The second-order valence-electron chi connectivity index (χ2n) is 6.94. The van der Waals surface area contributed by atoms with Crippen molar-refractivity contribution >= 4 is 11.9 Å². The molecule has 0 rings (SSSR count). The molecule has 0 bridgehead atoms. The summed E-state index contributed by atoms with van der Waals surface area (Å²) in [6, 6.07) is 0. The summed E-state index contributed by atoms with van der Waals surface area (Å²) in [6.45, 7) is 12.3. The second-order valence-corrected chi connectivity index (χ2v) is 6.94. The van der Waals surface area contributed by atoms with Gasteiger partial charge in [-0.15, -0.1) is 0 Å². The van der Waals surface area contributed by atoms with Gasteiger partial charge in [0.25, 0.3) is 0 Å². The number of carbonyl (C=O) groups excluding carboxylic acids is 2. The smallest absolute Gasteiger partial charge is 0.323 e. The molecule has 0 aliphatic carbocycles. The molecule has 142 valence electrons. The van der Waals surface area contributed by atoms with Gasteiger partial charge < -0.3 is 9.47 Å². The Labute approximate surface area is 148 Å². The quantitative estimate of drug-likeness (QED) is 0.259. The molecule has 0 aromatic heterocycles. The number of unbranched alkanes of at least 4 members (excludes halogenated alkanes) is 4. The SMILES string of the molecule is CCCCCCCOC(=O)C(CC)(CC)C(=O)OC(CC)C(C)C. The third-order valence-corrected chi connectivity index (χ3v) is 4.87. The van der Waals surface area contributed by atoms with Gasteiger partial charge in [-0.25, -0.2) is 0 Å². The normalized spacial score (nSPS) is 13.0. The summed E-state index contributed by atoms with van der Waals surface area (Å²) in [5, 5.41) is 0. The molecule has 0 fully saturated rings. The monoisotopic (exact) mass is 342 g/mol. The molecule has 24 heavy (non-hydrogen) atoms. The Hall–Kier alpha value is -1.06. The topological polar surface area (TPSA) is 52.6 Å². The molecule has 0 aromatic carbocycles. The lowest BCUT2D eigenvalue weighted by Gasteiger charge is -2.30. The molecule has 0 aliphatic rings. The van der Waals surface area contributed by atoms with E-state index in [1.807, 2.05) is 34.6 Å². The van der Waals surface area contributed by atoms with E-state index in [4.69, 9.17) is 9.47 Å². The third kappa shape index (κ3) is 6.82. The minimum atomic E-state index is -1.16. The van der Waals surface area contributed by atoms with Crippen molar-refractivity contribution < 1.29 is 19.1 Å². The van der Waals surface area contributed by atoms with E-state index in [0.29, 0.717) is 19.4 Å². The van der Waals surface area contributed by atoms with Gasteiger partial charge in [0, 0.05) is 0 Å². The van der Waals surface area contributed by atoms with E-state index in [1.165, 1.54) is 12.8 Å². The van der Waals surface area contributed by atoms with Crippen molar-refractivity contribution in [1.29, 1.82) is 0 Å². The first kappa shape index (κ1) is 22.9. The molecule has 1 unspecified atom stereocenters. The van der Waals surface area contributed by atoms with E-state index >= 15 is 0 Å². The first-order valence-electron chi connectivity index (χ1n) is 9.77. The molecule has 0 aromatic rings. The van der Waals surface area contributed by atoms with Crippen molar-refractivity contribution in [3.8, 4) is 0 Å². The zero-order valence-corrected chi connectivity index (χ0v) is 16.7. The molecule has 4 nitrogen and oxygen atoms in total. The lowest BCUT2D eigenvalue weighted by Crippen LogP contribution is -2.43. The summed E-state index contributed by atoms with van der Waals surface area (Å²) in [5.74, 6) is -0.615. The van der Waals surface area contributed by atoms with Crippen LogP contribution in [-0.2, 0) is 19.1 Å². The number of hydrogen-bond acceptors (Lipinski definition) is 4. The highest BCUT2D eigenvalue weighted by Crippen LogP contribution is 2.31. The van der Waals surface area contributed by atoms with Gasteiger partial charge in [0.2, 0.25) is 0 Å². The minimum Gasteiger partial charge on any atom is -0.465 e. The molecule has 0 amide bonds. The summed E-state index contributed by atoms with van der Waals surface area (Å²) < 4.78 is 11.1. The van der Waals surface area contributed by atoms with Gasteiger partial charge in [0.15, 0.2) is 5.41 Å². The van der Waals surface area contributed by atoms with Crippen LogP contribution in [0.3, 0.4) is 0 Å². The van der Waals surface area contributed by atoms with Crippen LogP contribution in [0.1, 0.15) is 92.9 Å². The summed E-state index contributed by atoms with van der Waals surface area (Å²) in [4.78, 5) is 25.3. The van der Waals surface area contributed by atoms with E-state index in [9.17, 15) is 9.59 Å². The van der Waals surface area contributed by atoms with Crippen molar-refractivity contribution in [2.45, 2.75) is 99.0 Å². The van der Waals surface area contributed by atoms with Crippen molar-refractivity contribution in [2.75, 3.05) is 6.61 Å². The van der Waals surface area contributed by atoms with Crippen LogP contribution >= 0.6 is 0 Å². The fourth-order valence-electron chi connectivity index (χ4n) is 2.86. The van der Waals surface area contributed by atoms with Crippen molar-refractivity contribution in [1.82, 2.24) is 0 Å². The van der Waals surface area contributed by atoms with Gasteiger partial charge in [0.05, 0.1) is 6.61 Å². The highest BCUT2D eigenvalue weighted by Gasteiger charge is 2.46. The van der Waals surface area contributed by atoms with Crippen LogP contribution in [0.15, 0.2) is 0 Å². The van der Waals surface area contributed by atoms with Gasteiger partial charge in [0.1, 0.15) is 6.10 Å². The highest BCUT2D eigenvalue weighted by molar-refractivity contribution is 6.00. The minimum absolute atomic E-state index is 0.156. The van der Waals surface area contributed by atoms with Crippen LogP contribution in [0.25, 0.3) is 0 Å². The number of ether oxygens (including phenoxy) is 2. The van der Waals surface area contributed by atoms with E-state index in [1.54, 1.807) is 0 Å². The lowest BCUT2D eigenvalue weighted by atomic mass is 9.82. The maximum absolute atomic E-state index is 12.7. The maximum Gasteiger partial charge on any atom is 0.323 e. The van der Waals surface area contributed by atoms with Crippen LogP contribution in [0.5, 0.6) is 0 Å². The molecule has 1 atom stereocenters. The Kier molecular flexibility index (Phi) is 11.8. The van der Waals surface area contributed by atoms with Crippen LogP contribution < -0.4 is 0 Å². The molecule has 0 heterocycles. The Bertz CT molecular complexity index is 359. The molecule has 0 N–H and O–H groups in total. The van der Waals surface area contributed by atoms with Gasteiger partial charge in [-0.05, 0) is 31.6 Å². The van der Waals surface area contributed by atoms with Crippen LogP contribution in [0.2, 0.25) is 0 Å². The fourth-order valence-corrected chi connectivity index (χ4v) is 2.86. The summed E-state index contributed by atoms with van der Waals surface area (Å²) in [5.41, 5.74) is -1.16. The Morgan fingerprint density at radius 3 is 1.92 bits per heavy atom. The molecular formula is C20H38O4. The second kappa shape index (κ2) is 12.3. The van der Waals surface area contributed by atoms with E-state index in [0.717, 1.165) is 25.7 Å². The molecule has 4 heteroatoms. The predicted octanol–water partition coefficient (Wildman–Crippen LogP) is 5.28. The number of hydrogen-bond donors (Lipinski definition) is 0. The van der Waals surface area contributed by atoms with Gasteiger partial charge in [-0.2, -0.15) is 0 Å². The standard InChI is InChI=1S/C20H38O4/c1-7-11-12-13-14-15-23-18(21)20(9-3,10-4)19(22)24-17(8-2)16(5)6/h16-17H,7-15H2,1-6H3. The number of rotatable bonds is 13. The molecule has 0 spiro atoms. The van der Waals surface area contributed by atoms with Crippen LogP contribution in [-0.4, -0.2) is 24.6 Å². The zero-order valence-electron chi connectivity index (χ0n) is 16.7. The zero-order chi connectivity index (χ0) is 18.6. The molecule has 0 aliphatic heterocycles. The largest absolute Gasteiger partial charge is 0.465 e. The summed E-state index contributed by atoms with van der Waals surface area (Å²) in [6.07, 6.45) is 6.88. The first-order valence-corrected chi connectivity index (χ1v) is 9.77. The Morgan fingerprint density at radius 2 is 1.46 bits per heavy atom. The summed E-state index contributed by atoms with van der Waals surface area (Å²) >= 11 is 0. The van der Waals surface area contributed by atoms with Gasteiger partial charge >= 0.3 is 11.9 Å². The summed E-state index contributed by atoms with van der Waals surface area (Å²) in [7, 11) is 0. The van der Waals surface area contributed by atoms with E-state index in [-0.39, 0.29) is 12.0 Å². The maximum atomic E-state index is 12.7. The molecular weight excluding hydrogens is 304 g/mol. The molecule has 0 saturated carbocycles. The number of carbonyl (C=O) groups is 2. The first-order chi connectivity index (χ1) is 11.4. The van der Waals surface area contributed by atoms with Gasteiger partial charge in [-0.1, -0.05) is 67.2 Å². The van der Waals surface area contributed by atoms with Crippen molar-refractivity contribution in [3.05, 3.63) is 0 Å². The Morgan fingerprint density at radius 1 is 0.875 bits per heavy atom. The fraction of sp³-hybridized carbons (Fsp3) is 0.900. The van der Waals surface area contributed by atoms with Gasteiger partial charge in [-0.3, -0.25) is 9.59 Å². The van der Waals surface area contributed by atoms with E-state index < -0.39 is 17.4 Å². The van der Waals surface area contributed by atoms with Crippen LogP contribution in [0.4, 0.5) is 0 Å². The lowest BCUT2D eigenvalue weighted by molar-refractivity contribution is -0.178. The predicted molar refractivity (Wildman–Crippen MR) is 97.7 cm³/mol. The van der Waals surface area contributed by atoms with Crippen molar-refractivity contribution in [3.63, 3.8) is 0 Å². The van der Waals surface area contributed by atoms with Crippen LogP contribution in [0, 0.1) is 11.3 Å². The highest BCUT2D eigenvalue weighted by atomic mass is 16.6. The average molecular weight is 343 g/mol. The third-order valence-electron chi connectivity index (χ3n) is 4.87. The average Bonchev–Trinajstić information content (AvgIpc) is 2.57. The van der Waals surface area contributed by atoms with E-state index in [2.05, 4.69) is 6.92 Å². The Balaban J connectivity index is 4.71. The molecule has 0 radical (unpaired) electrons. The number of esters is 2.